The summed E-state index contributed by atoms with van der Waals surface area (Å²) < 4.78 is 4.87. The van der Waals surface area contributed by atoms with Gasteiger partial charge in [-0.2, -0.15) is 0 Å². The Bertz CT molecular complexity index is 717. The number of ether oxygens (including phenoxy) is 1. The number of benzene rings is 2. The molecule has 0 saturated carbocycles. The third-order valence-corrected chi connectivity index (χ3v) is 4.55. The first-order chi connectivity index (χ1) is 12.6. The van der Waals surface area contributed by atoms with Gasteiger partial charge in [-0.05, 0) is 23.8 Å². The monoisotopic (exact) mass is 369 g/mol. The molecule has 0 aliphatic carbocycles. The number of nitrogens with zero attached hydrogens (tertiary/aromatic N) is 1. The average molecular weight is 369 g/mol. The van der Waals surface area contributed by atoms with Crippen molar-refractivity contribution >= 4 is 23.6 Å². The molecule has 2 aromatic rings. The van der Waals surface area contributed by atoms with Gasteiger partial charge in [0, 0.05) is 24.9 Å². The van der Waals surface area contributed by atoms with Gasteiger partial charge < -0.3 is 9.64 Å². The summed E-state index contributed by atoms with van der Waals surface area (Å²) in [6.45, 7) is 2.62. The molecule has 0 atom stereocenters. The van der Waals surface area contributed by atoms with Crippen molar-refractivity contribution in [3.63, 3.8) is 0 Å². The summed E-state index contributed by atoms with van der Waals surface area (Å²) in [6, 6.07) is 19.8. The number of carbonyl (C=O) groups is 2. The highest BCUT2D eigenvalue weighted by Crippen LogP contribution is 2.18. The van der Waals surface area contributed by atoms with Crippen LogP contribution in [0, 0.1) is 0 Å². The first-order valence-corrected chi connectivity index (χ1v) is 9.41. The maximum absolute atomic E-state index is 12.7. The van der Waals surface area contributed by atoms with Gasteiger partial charge in [-0.1, -0.05) is 54.6 Å². The van der Waals surface area contributed by atoms with Gasteiger partial charge in [0.1, 0.15) is 6.61 Å². The summed E-state index contributed by atoms with van der Waals surface area (Å²) >= 11 is 1.53. The van der Waals surface area contributed by atoms with Gasteiger partial charge in [0.05, 0.1) is 5.75 Å². The Morgan fingerprint density at radius 2 is 1.65 bits per heavy atom. The third kappa shape index (κ3) is 7.57. The van der Waals surface area contributed by atoms with E-state index in [1.807, 2.05) is 66.7 Å². The minimum atomic E-state index is -0.314. The van der Waals surface area contributed by atoms with Gasteiger partial charge in [0.2, 0.25) is 5.91 Å². The van der Waals surface area contributed by atoms with Crippen LogP contribution in [0.3, 0.4) is 0 Å². The summed E-state index contributed by atoms with van der Waals surface area (Å²) in [7, 11) is 0. The van der Waals surface area contributed by atoms with Crippen molar-refractivity contribution < 1.29 is 14.3 Å². The number of hydrogen-bond acceptors (Lipinski definition) is 4. The van der Waals surface area contributed by atoms with Crippen LogP contribution in [0.25, 0.3) is 0 Å². The van der Waals surface area contributed by atoms with Crippen LogP contribution in [0.1, 0.15) is 12.5 Å². The molecule has 0 aliphatic heterocycles. The predicted molar refractivity (Wildman–Crippen MR) is 105 cm³/mol. The zero-order valence-electron chi connectivity index (χ0n) is 14.8. The number of rotatable bonds is 9. The lowest BCUT2D eigenvalue weighted by atomic mass is 10.2. The highest BCUT2D eigenvalue weighted by Gasteiger charge is 2.13. The fourth-order valence-corrected chi connectivity index (χ4v) is 3.07. The van der Waals surface area contributed by atoms with Gasteiger partial charge in [-0.25, -0.2) is 0 Å². The Labute approximate surface area is 158 Å². The molecule has 0 spiro atoms. The van der Waals surface area contributed by atoms with Crippen LogP contribution in [-0.2, 0) is 20.9 Å². The summed E-state index contributed by atoms with van der Waals surface area (Å²) in [4.78, 5) is 26.3. The normalized spacial score (nSPS) is 10.7. The maximum Gasteiger partial charge on any atom is 0.302 e. The molecule has 136 valence electrons. The minimum Gasteiger partial charge on any atom is -0.462 e. The standard InChI is InChI=1S/C21H23NO3S/c1-18(23)25-15-9-8-14-22(16-19-10-4-2-5-11-19)21(24)17-26-20-12-6-3-7-13-20/h2-13H,14-17H2,1H3/b9-8-. The van der Waals surface area contributed by atoms with E-state index in [-0.39, 0.29) is 18.5 Å². The molecule has 0 unspecified atom stereocenters. The van der Waals surface area contributed by atoms with Crippen LogP contribution in [0.15, 0.2) is 77.7 Å². The Hall–Kier alpha value is -2.53. The van der Waals surface area contributed by atoms with Gasteiger partial charge >= 0.3 is 5.97 Å². The fraction of sp³-hybridized carbons (Fsp3) is 0.238. The van der Waals surface area contributed by atoms with Crippen LogP contribution in [-0.4, -0.2) is 35.7 Å². The quantitative estimate of drug-likeness (QED) is 0.382. The van der Waals surface area contributed by atoms with Gasteiger partial charge in [0.25, 0.3) is 0 Å². The molecule has 5 heteroatoms. The number of thioether (sulfide) groups is 1. The average Bonchev–Trinajstić information content (AvgIpc) is 2.66. The fourth-order valence-electron chi connectivity index (χ4n) is 2.25. The topological polar surface area (TPSA) is 46.6 Å². The molecule has 0 heterocycles. The van der Waals surface area contributed by atoms with Crippen molar-refractivity contribution in [2.24, 2.45) is 0 Å². The van der Waals surface area contributed by atoms with E-state index < -0.39 is 0 Å². The van der Waals surface area contributed by atoms with E-state index in [1.165, 1.54) is 18.7 Å². The zero-order chi connectivity index (χ0) is 18.6. The second-order valence-electron chi connectivity index (χ2n) is 5.64. The lowest BCUT2D eigenvalue weighted by Crippen LogP contribution is -2.32. The SMILES string of the molecule is CC(=O)OC/C=C\CN(Cc1ccccc1)C(=O)CSc1ccccc1. The van der Waals surface area contributed by atoms with Crippen LogP contribution in [0.2, 0.25) is 0 Å². The Kier molecular flexibility index (Phi) is 8.49. The van der Waals surface area contributed by atoms with E-state index in [0.717, 1.165) is 10.5 Å². The van der Waals surface area contributed by atoms with Gasteiger partial charge in [-0.15, -0.1) is 11.8 Å². The Morgan fingerprint density at radius 3 is 2.31 bits per heavy atom. The number of hydrogen-bond donors (Lipinski definition) is 0. The van der Waals surface area contributed by atoms with Crippen molar-refractivity contribution in [1.29, 1.82) is 0 Å². The summed E-state index contributed by atoms with van der Waals surface area (Å²) in [5.74, 6) is 0.139. The van der Waals surface area contributed by atoms with Crippen LogP contribution >= 0.6 is 11.8 Å². The lowest BCUT2D eigenvalue weighted by molar-refractivity contribution is -0.139. The molecule has 2 rings (SSSR count). The summed E-state index contributed by atoms with van der Waals surface area (Å²) in [5.41, 5.74) is 1.08. The molecule has 0 saturated heterocycles. The molecule has 4 nitrogen and oxygen atoms in total. The molecular weight excluding hydrogens is 346 g/mol. The molecule has 2 aromatic carbocycles. The van der Waals surface area contributed by atoms with Crippen molar-refractivity contribution in [1.82, 2.24) is 4.90 Å². The second-order valence-corrected chi connectivity index (χ2v) is 6.68. The number of esters is 1. The number of amides is 1. The smallest absolute Gasteiger partial charge is 0.302 e. The first-order valence-electron chi connectivity index (χ1n) is 8.43. The Morgan fingerprint density at radius 1 is 1.00 bits per heavy atom. The molecule has 26 heavy (non-hydrogen) atoms. The van der Waals surface area contributed by atoms with Gasteiger partial charge in [0.15, 0.2) is 0 Å². The van der Waals surface area contributed by atoms with E-state index in [0.29, 0.717) is 18.8 Å². The molecule has 0 aromatic heterocycles. The molecule has 0 fully saturated rings. The minimum absolute atomic E-state index is 0.0693. The van der Waals surface area contributed by atoms with Gasteiger partial charge in [-0.3, -0.25) is 9.59 Å². The number of carbonyl (C=O) groups excluding carboxylic acids is 2. The highest BCUT2D eigenvalue weighted by atomic mass is 32.2. The van der Waals surface area contributed by atoms with Crippen LogP contribution in [0.4, 0.5) is 0 Å². The molecule has 0 N–H and O–H groups in total. The second kappa shape index (κ2) is 11.2. The van der Waals surface area contributed by atoms with Crippen molar-refractivity contribution in [3.8, 4) is 0 Å². The molecule has 0 aliphatic rings. The Balaban J connectivity index is 1.94. The van der Waals surface area contributed by atoms with Crippen LogP contribution < -0.4 is 0 Å². The van der Waals surface area contributed by atoms with E-state index in [4.69, 9.17) is 4.74 Å². The highest BCUT2D eigenvalue weighted by molar-refractivity contribution is 8.00. The maximum atomic E-state index is 12.7. The van der Waals surface area contributed by atoms with E-state index in [2.05, 4.69) is 0 Å². The zero-order valence-corrected chi connectivity index (χ0v) is 15.7. The van der Waals surface area contributed by atoms with Crippen molar-refractivity contribution in [2.45, 2.75) is 18.4 Å². The van der Waals surface area contributed by atoms with Crippen molar-refractivity contribution in [3.05, 3.63) is 78.4 Å². The molecular formula is C21H23NO3S. The van der Waals surface area contributed by atoms with E-state index in [1.54, 1.807) is 11.0 Å². The summed E-state index contributed by atoms with van der Waals surface area (Å²) in [5, 5.41) is 0. The predicted octanol–water partition coefficient (Wildman–Crippen LogP) is 3.93. The molecule has 0 bridgehead atoms. The largest absolute Gasteiger partial charge is 0.462 e. The first kappa shape index (κ1) is 19.8. The van der Waals surface area contributed by atoms with E-state index >= 15 is 0 Å². The lowest BCUT2D eigenvalue weighted by Gasteiger charge is -2.21. The van der Waals surface area contributed by atoms with Crippen molar-refractivity contribution in [2.75, 3.05) is 18.9 Å². The van der Waals surface area contributed by atoms with E-state index in [9.17, 15) is 9.59 Å². The summed E-state index contributed by atoms with van der Waals surface area (Å²) in [6.07, 6.45) is 3.62. The van der Waals surface area contributed by atoms with Crippen LogP contribution in [0.5, 0.6) is 0 Å². The molecule has 1 amide bonds. The molecule has 0 radical (unpaired) electrons. The third-order valence-electron chi connectivity index (χ3n) is 3.55.